The smallest absolute Gasteiger partial charge is 0.412 e. The fourth-order valence-electron chi connectivity index (χ4n) is 3.99. The van der Waals surface area contributed by atoms with E-state index in [4.69, 9.17) is 10.5 Å². The molecule has 1 aliphatic heterocycles. The third-order valence-corrected chi connectivity index (χ3v) is 5.72. The molecule has 1 fully saturated rings. The number of nitrogens with zero attached hydrogens (tertiary/aromatic N) is 2. The van der Waals surface area contributed by atoms with E-state index < -0.39 is 48.4 Å². The van der Waals surface area contributed by atoms with Gasteiger partial charge in [0.25, 0.3) is 0 Å². The van der Waals surface area contributed by atoms with Crippen molar-refractivity contribution in [2.24, 2.45) is 5.73 Å². The summed E-state index contributed by atoms with van der Waals surface area (Å²) in [6, 6.07) is -2.73. The second kappa shape index (κ2) is 10.8. The number of primary amides is 1. The van der Waals surface area contributed by atoms with Crippen molar-refractivity contribution in [3.05, 3.63) is 11.6 Å². The van der Waals surface area contributed by atoms with Gasteiger partial charge in [0.15, 0.2) is 0 Å². The lowest BCUT2D eigenvalue weighted by Gasteiger charge is -2.33. The van der Waals surface area contributed by atoms with Crippen molar-refractivity contribution in [1.82, 2.24) is 15.1 Å². The third kappa shape index (κ3) is 6.44. The van der Waals surface area contributed by atoms with Crippen LogP contribution in [0.1, 0.15) is 66.2 Å². The van der Waals surface area contributed by atoms with E-state index in [1.165, 1.54) is 11.8 Å². The molecule has 0 bridgehead atoms. The SMILES string of the molecule is CC(C(=O)NC(C(=O)N1CCCC1C(N)=O)C1=CCCCC1)N(CO)C(=O)OC(C)(C)C. The number of rotatable bonds is 7. The van der Waals surface area contributed by atoms with Gasteiger partial charge in [0.05, 0.1) is 0 Å². The lowest BCUT2D eigenvalue weighted by Crippen LogP contribution is -2.57. The van der Waals surface area contributed by atoms with Crippen LogP contribution in [0.5, 0.6) is 0 Å². The molecule has 0 aromatic heterocycles. The number of aliphatic hydroxyl groups excluding tert-OH is 1. The lowest BCUT2D eigenvalue weighted by atomic mass is 9.92. The third-order valence-electron chi connectivity index (χ3n) is 5.72. The number of likely N-dealkylation sites (tertiary alicyclic amines) is 1. The van der Waals surface area contributed by atoms with E-state index in [0.29, 0.717) is 25.8 Å². The summed E-state index contributed by atoms with van der Waals surface area (Å²) in [5, 5.41) is 12.4. The molecule has 0 spiro atoms. The molecule has 0 aromatic rings. The number of carbonyl (C=O) groups is 4. The Kier molecular flexibility index (Phi) is 8.65. The van der Waals surface area contributed by atoms with E-state index in [1.54, 1.807) is 20.8 Å². The van der Waals surface area contributed by atoms with Crippen molar-refractivity contribution in [1.29, 1.82) is 0 Å². The quantitative estimate of drug-likeness (QED) is 0.389. The maximum absolute atomic E-state index is 13.4. The maximum Gasteiger partial charge on any atom is 0.412 e. The second-order valence-corrected chi connectivity index (χ2v) is 9.33. The van der Waals surface area contributed by atoms with Gasteiger partial charge in [0.2, 0.25) is 17.7 Å². The first-order valence-corrected chi connectivity index (χ1v) is 11.2. The molecule has 0 saturated carbocycles. The van der Waals surface area contributed by atoms with E-state index in [-0.39, 0.29) is 5.91 Å². The molecule has 10 heteroatoms. The molecular formula is C22H36N4O6. The van der Waals surface area contributed by atoms with E-state index >= 15 is 0 Å². The monoisotopic (exact) mass is 452 g/mol. The Balaban J connectivity index is 2.22. The number of ether oxygens (including phenoxy) is 1. The number of hydrogen-bond acceptors (Lipinski definition) is 6. The predicted molar refractivity (Wildman–Crippen MR) is 117 cm³/mol. The molecule has 0 aromatic carbocycles. The van der Waals surface area contributed by atoms with Gasteiger partial charge in [-0.2, -0.15) is 0 Å². The molecule has 1 aliphatic carbocycles. The minimum atomic E-state index is -1.08. The highest BCUT2D eigenvalue weighted by Crippen LogP contribution is 2.25. The number of hydrogen-bond donors (Lipinski definition) is 3. The highest BCUT2D eigenvalue weighted by atomic mass is 16.6. The molecule has 180 valence electrons. The van der Waals surface area contributed by atoms with Crippen LogP contribution in [0.4, 0.5) is 4.79 Å². The van der Waals surface area contributed by atoms with Crippen molar-refractivity contribution < 1.29 is 29.0 Å². The Hall–Kier alpha value is -2.62. The molecule has 3 atom stereocenters. The van der Waals surface area contributed by atoms with Gasteiger partial charge in [-0.25, -0.2) is 4.79 Å². The molecule has 10 nitrogen and oxygen atoms in total. The lowest BCUT2D eigenvalue weighted by molar-refractivity contribution is -0.140. The van der Waals surface area contributed by atoms with Gasteiger partial charge in [0, 0.05) is 6.54 Å². The summed E-state index contributed by atoms with van der Waals surface area (Å²) in [5.74, 6) is -1.55. The molecular weight excluding hydrogens is 416 g/mol. The zero-order chi connectivity index (χ0) is 24.1. The van der Waals surface area contributed by atoms with Gasteiger partial charge < -0.3 is 25.8 Å². The highest BCUT2D eigenvalue weighted by Gasteiger charge is 2.39. The topological polar surface area (TPSA) is 142 Å². The zero-order valence-corrected chi connectivity index (χ0v) is 19.4. The van der Waals surface area contributed by atoms with Gasteiger partial charge in [-0.3, -0.25) is 19.3 Å². The summed E-state index contributed by atoms with van der Waals surface area (Å²) >= 11 is 0. The second-order valence-electron chi connectivity index (χ2n) is 9.33. The molecule has 1 saturated heterocycles. The van der Waals surface area contributed by atoms with Crippen LogP contribution in [0.3, 0.4) is 0 Å². The molecule has 4 amide bonds. The van der Waals surface area contributed by atoms with Crippen LogP contribution in [-0.2, 0) is 19.1 Å². The zero-order valence-electron chi connectivity index (χ0n) is 19.4. The molecule has 32 heavy (non-hydrogen) atoms. The fraction of sp³-hybridized carbons (Fsp3) is 0.727. The number of aliphatic hydroxyl groups is 1. The average molecular weight is 453 g/mol. The van der Waals surface area contributed by atoms with E-state index in [1.807, 2.05) is 6.08 Å². The summed E-state index contributed by atoms with van der Waals surface area (Å²) < 4.78 is 5.26. The highest BCUT2D eigenvalue weighted by molar-refractivity contribution is 5.95. The maximum atomic E-state index is 13.4. The number of amides is 4. The number of carbonyl (C=O) groups excluding carboxylic acids is 4. The molecule has 2 rings (SSSR count). The number of nitrogens with one attached hydrogen (secondary N) is 1. The molecule has 4 N–H and O–H groups in total. The Labute approximate surface area is 189 Å². The van der Waals surface area contributed by atoms with Crippen LogP contribution in [-0.4, -0.2) is 75.7 Å². The van der Waals surface area contributed by atoms with Crippen LogP contribution in [0.15, 0.2) is 11.6 Å². The van der Waals surface area contributed by atoms with Crippen LogP contribution >= 0.6 is 0 Å². The van der Waals surface area contributed by atoms with Crippen molar-refractivity contribution in [3.63, 3.8) is 0 Å². The van der Waals surface area contributed by atoms with E-state index in [0.717, 1.165) is 29.7 Å². The van der Waals surface area contributed by atoms with Crippen molar-refractivity contribution in [2.45, 2.75) is 89.9 Å². The first-order valence-electron chi connectivity index (χ1n) is 11.2. The Morgan fingerprint density at radius 2 is 1.97 bits per heavy atom. The summed E-state index contributed by atoms with van der Waals surface area (Å²) in [7, 11) is 0. The Bertz CT molecular complexity index is 760. The summed E-state index contributed by atoms with van der Waals surface area (Å²) in [5.41, 5.74) is 5.46. The minimum absolute atomic E-state index is 0.382. The van der Waals surface area contributed by atoms with Crippen LogP contribution in [0.2, 0.25) is 0 Å². The summed E-state index contributed by atoms with van der Waals surface area (Å²) in [6.45, 7) is 6.17. The number of nitrogens with two attached hydrogens (primary N) is 1. The van der Waals surface area contributed by atoms with Crippen LogP contribution < -0.4 is 11.1 Å². The van der Waals surface area contributed by atoms with Crippen LogP contribution in [0.25, 0.3) is 0 Å². The molecule has 0 radical (unpaired) electrons. The van der Waals surface area contributed by atoms with E-state index in [2.05, 4.69) is 5.32 Å². The van der Waals surface area contributed by atoms with Gasteiger partial charge in [-0.05, 0) is 71.8 Å². The standard InChI is InChI=1S/C22H36N4O6/c1-14(26(13-27)21(31)32-22(2,3)4)19(29)24-17(15-9-6-5-7-10-15)20(30)25-12-8-11-16(25)18(23)28/h9,14,16-17,27H,5-8,10-13H2,1-4H3,(H2,23,28)(H,24,29). The molecule has 2 aliphatic rings. The number of allylic oxidation sites excluding steroid dienone is 1. The average Bonchev–Trinajstić information content (AvgIpc) is 3.21. The fourth-order valence-corrected chi connectivity index (χ4v) is 3.99. The van der Waals surface area contributed by atoms with Gasteiger partial charge in [-0.15, -0.1) is 0 Å². The summed E-state index contributed by atoms with van der Waals surface area (Å²) in [6.07, 6.45) is 5.60. The van der Waals surface area contributed by atoms with Gasteiger partial charge in [0.1, 0.15) is 30.5 Å². The first kappa shape index (κ1) is 25.6. The van der Waals surface area contributed by atoms with Crippen molar-refractivity contribution in [2.75, 3.05) is 13.3 Å². The molecule has 3 unspecified atom stereocenters. The van der Waals surface area contributed by atoms with E-state index in [9.17, 15) is 24.3 Å². The summed E-state index contributed by atoms with van der Waals surface area (Å²) in [4.78, 5) is 53.0. The van der Waals surface area contributed by atoms with Gasteiger partial charge >= 0.3 is 6.09 Å². The predicted octanol–water partition coefficient (Wildman–Crippen LogP) is 1.02. The first-order chi connectivity index (χ1) is 15.0. The normalized spacial score (nSPS) is 20.7. The minimum Gasteiger partial charge on any atom is -0.444 e. The van der Waals surface area contributed by atoms with Crippen molar-refractivity contribution >= 4 is 23.8 Å². The van der Waals surface area contributed by atoms with Crippen molar-refractivity contribution in [3.8, 4) is 0 Å². The largest absolute Gasteiger partial charge is 0.444 e. The molecule has 1 heterocycles. The van der Waals surface area contributed by atoms with Gasteiger partial charge in [-0.1, -0.05) is 6.08 Å². The van der Waals surface area contributed by atoms with Crippen LogP contribution in [0, 0.1) is 0 Å². The Morgan fingerprint density at radius 1 is 1.28 bits per heavy atom. The Morgan fingerprint density at radius 3 is 2.50 bits per heavy atom.